The molecule has 6 aromatic rings. The first kappa shape index (κ1) is 45.6. The van der Waals surface area contributed by atoms with Crippen molar-refractivity contribution < 1.29 is 0 Å². The van der Waals surface area contributed by atoms with Crippen LogP contribution in [-0.4, -0.2) is 0 Å². The molecular weight excluding hydrogens is 797 g/mol. The average Bonchev–Trinajstić information content (AvgIpc) is 3.61. The van der Waals surface area contributed by atoms with Gasteiger partial charge in [0.1, 0.15) is 0 Å². The van der Waals surface area contributed by atoms with E-state index in [9.17, 15) is 0 Å². The molecule has 0 saturated heterocycles. The highest BCUT2D eigenvalue weighted by atomic mass is 15.2. The Hall–Kier alpha value is -5.60. The molecule has 2 nitrogen and oxygen atoms in total. The second kappa shape index (κ2) is 15.5. The van der Waals surface area contributed by atoms with Crippen molar-refractivity contribution in [3.8, 4) is 22.3 Å². The van der Waals surface area contributed by atoms with Crippen molar-refractivity contribution in [3.05, 3.63) is 184 Å². The Morgan fingerprint density at radius 2 is 0.727 bits per heavy atom. The third-order valence-corrected chi connectivity index (χ3v) is 15.4. The molecule has 0 amide bonds. The molecule has 0 fully saturated rings. The van der Waals surface area contributed by atoms with Crippen molar-refractivity contribution in [3.63, 3.8) is 0 Å². The van der Waals surface area contributed by atoms with Gasteiger partial charge >= 0.3 is 0 Å². The molecule has 0 spiro atoms. The molecule has 3 aliphatic carbocycles. The molecule has 0 aromatic heterocycles. The second-order valence-electron chi connectivity index (χ2n) is 24.9. The van der Waals surface area contributed by atoms with E-state index in [1.165, 1.54) is 95.3 Å². The minimum Gasteiger partial charge on any atom is -0.311 e. The average molecular weight is 871 g/mol. The van der Waals surface area contributed by atoms with Crippen molar-refractivity contribution in [1.29, 1.82) is 0 Å². The van der Waals surface area contributed by atoms with Crippen LogP contribution in [0.1, 0.15) is 156 Å². The summed E-state index contributed by atoms with van der Waals surface area (Å²) in [6.45, 7) is 37.4. The molecule has 3 aliphatic rings. The van der Waals surface area contributed by atoms with E-state index >= 15 is 0 Å². The van der Waals surface area contributed by atoms with Gasteiger partial charge in [-0.25, -0.2) is 0 Å². The third-order valence-electron chi connectivity index (χ3n) is 15.4. The van der Waals surface area contributed by atoms with E-state index in [4.69, 9.17) is 0 Å². The van der Waals surface area contributed by atoms with Crippen LogP contribution in [0.5, 0.6) is 0 Å². The number of allylic oxidation sites excluding steroid dienone is 3. The van der Waals surface area contributed by atoms with Gasteiger partial charge in [-0.1, -0.05) is 171 Å². The SMILES string of the molecule is CC(C)(C)c1ccc(N(C2=CCC(C(C)(C)C)C=C2)c2ccc3c(c2)C(C)(C)c2cc4c(cc2-3)C(C)(C)c2cc(N(c3ccc(C(C)(C)C)cc3)c3ccc(C(C)(C)C)cc3)ccc2-4)cc1. The van der Waals surface area contributed by atoms with E-state index in [-0.39, 0.29) is 32.5 Å². The van der Waals surface area contributed by atoms with Crippen molar-refractivity contribution >= 4 is 28.4 Å². The van der Waals surface area contributed by atoms with Crippen molar-refractivity contribution in [2.75, 3.05) is 9.80 Å². The Balaban J connectivity index is 1.11. The van der Waals surface area contributed by atoms with Gasteiger partial charge in [0.25, 0.3) is 0 Å². The maximum Gasteiger partial charge on any atom is 0.0465 e. The van der Waals surface area contributed by atoms with E-state index in [1.54, 1.807) is 0 Å². The van der Waals surface area contributed by atoms with Crippen molar-refractivity contribution in [1.82, 2.24) is 0 Å². The Morgan fingerprint density at radius 3 is 1.06 bits per heavy atom. The predicted octanol–water partition coefficient (Wildman–Crippen LogP) is 18.3. The molecule has 0 heterocycles. The van der Waals surface area contributed by atoms with Gasteiger partial charge in [0.15, 0.2) is 0 Å². The fourth-order valence-electron chi connectivity index (χ4n) is 10.9. The number of nitrogens with zero attached hydrogens (tertiary/aromatic N) is 2. The Bertz CT molecular complexity index is 2830. The van der Waals surface area contributed by atoms with Gasteiger partial charge in [-0.05, 0) is 174 Å². The molecule has 0 bridgehead atoms. The zero-order chi connectivity index (χ0) is 47.5. The van der Waals surface area contributed by atoms with Crippen LogP contribution in [0.15, 0.2) is 145 Å². The number of hydrogen-bond donors (Lipinski definition) is 0. The molecule has 340 valence electrons. The highest BCUT2D eigenvalue weighted by Gasteiger charge is 2.42. The largest absolute Gasteiger partial charge is 0.311 e. The van der Waals surface area contributed by atoms with Crippen molar-refractivity contribution in [2.24, 2.45) is 11.3 Å². The fourth-order valence-corrected chi connectivity index (χ4v) is 10.9. The van der Waals surface area contributed by atoms with Crippen LogP contribution >= 0.6 is 0 Å². The molecule has 66 heavy (non-hydrogen) atoms. The Kier molecular flexibility index (Phi) is 10.7. The lowest BCUT2D eigenvalue weighted by Gasteiger charge is -2.34. The minimum atomic E-state index is -0.193. The minimum absolute atomic E-state index is 0.0821. The first-order valence-corrected chi connectivity index (χ1v) is 24.5. The van der Waals surface area contributed by atoms with Gasteiger partial charge in [-0.2, -0.15) is 0 Å². The number of rotatable bonds is 6. The molecular formula is C64H74N2. The van der Waals surface area contributed by atoms with Crippen LogP contribution < -0.4 is 9.80 Å². The van der Waals surface area contributed by atoms with Crippen molar-refractivity contribution in [2.45, 2.75) is 144 Å². The summed E-state index contributed by atoms with van der Waals surface area (Å²) < 4.78 is 0. The van der Waals surface area contributed by atoms with Crippen LogP contribution in [-0.2, 0) is 27.1 Å². The second-order valence-corrected chi connectivity index (χ2v) is 24.9. The molecule has 0 aliphatic heterocycles. The summed E-state index contributed by atoms with van der Waals surface area (Å²) in [6, 6.07) is 47.3. The molecule has 9 rings (SSSR count). The molecule has 1 unspecified atom stereocenters. The number of anilines is 5. The highest BCUT2D eigenvalue weighted by Crippen LogP contribution is 2.57. The molecule has 0 saturated carbocycles. The number of hydrogen-bond acceptors (Lipinski definition) is 2. The van der Waals surface area contributed by atoms with Crippen LogP contribution in [0.2, 0.25) is 0 Å². The van der Waals surface area contributed by atoms with Gasteiger partial charge in [0.2, 0.25) is 0 Å². The summed E-state index contributed by atoms with van der Waals surface area (Å²) in [5.41, 5.74) is 22.3. The Morgan fingerprint density at radius 1 is 0.394 bits per heavy atom. The van der Waals surface area contributed by atoms with E-state index in [0.717, 1.165) is 6.42 Å². The topological polar surface area (TPSA) is 6.48 Å². The molecule has 1 atom stereocenters. The van der Waals surface area contributed by atoms with Crippen LogP contribution in [0, 0.1) is 11.3 Å². The predicted molar refractivity (Wildman–Crippen MR) is 286 cm³/mol. The summed E-state index contributed by atoms with van der Waals surface area (Å²) in [4.78, 5) is 4.93. The summed E-state index contributed by atoms with van der Waals surface area (Å²) in [5, 5.41) is 0. The van der Waals surface area contributed by atoms with Gasteiger partial charge in [-0.3, -0.25) is 0 Å². The van der Waals surface area contributed by atoms with E-state index in [1.807, 2.05) is 0 Å². The van der Waals surface area contributed by atoms with Crippen LogP contribution in [0.25, 0.3) is 22.3 Å². The summed E-state index contributed by atoms with van der Waals surface area (Å²) in [5.74, 6) is 0.512. The normalized spacial score (nSPS) is 17.2. The van der Waals surface area contributed by atoms with E-state index in [2.05, 4.69) is 260 Å². The lowest BCUT2D eigenvalue weighted by Crippen LogP contribution is -2.23. The maximum atomic E-state index is 2.55. The summed E-state index contributed by atoms with van der Waals surface area (Å²) in [7, 11) is 0. The third kappa shape index (κ3) is 7.87. The van der Waals surface area contributed by atoms with Crippen LogP contribution in [0.3, 0.4) is 0 Å². The maximum absolute atomic E-state index is 2.55. The van der Waals surface area contributed by atoms with E-state index < -0.39 is 0 Å². The first-order chi connectivity index (χ1) is 30.7. The first-order valence-electron chi connectivity index (χ1n) is 24.5. The standard InChI is InChI=1S/C64H74N2/c1-59(2,3)41-17-25-45(26-18-41)65(46-27-19-42(20-28-46)60(4,5)6)49-33-35-51-53-39-58-54(40-57(53)63(13,14)55(51)37-49)52-36-34-50(38-56(52)64(58,15)16)66(47-29-21-43(22-30-47)61(7,8)9)48-31-23-44(24-32-48)62(10,11)12/h17-23,25-40,44H,24H2,1-16H3. The fraction of sp³-hybridized carbons (Fsp3) is 0.375. The Labute approximate surface area is 398 Å². The monoisotopic (exact) mass is 871 g/mol. The van der Waals surface area contributed by atoms with Gasteiger partial charge in [0.05, 0.1) is 0 Å². The van der Waals surface area contributed by atoms with Gasteiger partial charge in [0, 0.05) is 45.0 Å². The molecule has 2 heteroatoms. The molecule has 0 radical (unpaired) electrons. The van der Waals surface area contributed by atoms with Gasteiger partial charge < -0.3 is 9.80 Å². The summed E-state index contributed by atoms with van der Waals surface area (Å²) in [6.07, 6.45) is 8.30. The molecule has 6 aromatic carbocycles. The smallest absolute Gasteiger partial charge is 0.0465 e. The number of fused-ring (bicyclic) bond motifs is 6. The zero-order valence-electron chi connectivity index (χ0n) is 43.0. The number of benzene rings is 6. The highest BCUT2D eigenvalue weighted by molar-refractivity contribution is 5.92. The summed E-state index contributed by atoms with van der Waals surface area (Å²) >= 11 is 0. The molecule has 0 N–H and O–H groups in total. The lowest BCUT2D eigenvalue weighted by atomic mass is 9.77. The quantitative estimate of drug-likeness (QED) is 0.165. The van der Waals surface area contributed by atoms with Crippen LogP contribution in [0.4, 0.5) is 28.4 Å². The van der Waals surface area contributed by atoms with E-state index in [0.29, 0.717) is 5.92 Å². The zero-order valence-corrected chi connectivity index (χ0v) is 43.0. The van der Waals surface area contributed by atoms with Gasteiger partial charge in [-0.15, -0.1) is 0 Å². The lowest BCUT2D eigenvalue weighted by molar-refractivity contribution is 0.293.